The van der Waals surface area contributed by atoms with Crippen LogP contribution in [0.5, 0.6) is 0 Å². The van der Waals surface area contributed by atoms with Gasteiger partial charge in [0.05, 0.1) is 24.5 Å². The third-order valence-electron chi connectivity index (χ3n) is 3.34. The Morgan fingerprint density at radius 2 is 1.89 bits per heavy atom. The molecule has 0 aliphatic carbocycles. The number of carboxylic acids is 1. The Bertz CT molecular complexity index is 848. The first-order chi connectivity index (χ1) is 13.0. The molecule has 2 heterocycles. The molecule has 0 amide bonds. The van der Waals surface area contributed by atoms with Crippen LogP contribution in [0, 0.1) is 6.92 Å². The lowest BCUT2D eigenvalue weighted by Crippen LogP contribution is -2.10. The molecule has 2 aromatic heterocycles. The van der Waals surface area contributed by atoms with Crippen LogP contribution >= 0.6 is 11.8 Å². The van der Waals surface area contributed by atoms with Crippen LogP contribution in [0.2, 0.25) is 0 Å². The van der Waals surface area contributed by atoms with E-state index in [0.717, 1.165) is 29.3 Å². The van der Waals surface area contributed by atoms with Crippen molar-refractivity contribution in [3.8, 4) is 0 Å². The minimum absolute atomic E-state index is 0.366. The van der Waals surface area contributed by atoms with Gasteiger partial charge in [0, 0.05) is 25.1 Å². The second kappa shape index (κ2) is 10.4. The maximum absolute atomic E-state index is 9.00. The largest absolute Gasteiger partial charge is 0.481 e. The number of rotatable bonds is 6. The SMILES string of the molecule is CC(=O)O.Cc1cnc(CSc2nnc(CN)n2Cc2ccccc2)cn1. The van der Waals surface area contributed by atoms with Crippen LogP contribution in [-0.4, -0.2) is 35.8 Å². The van der Waals surface area contributed by atoms with Gasteiger partial charge in [-0.1, -0.05) is 42.1 Å². The van der Waals surface area contributed by atoms with Crippen LogP contribution in [0.3, 0.4) is 0 Å². The molecular weight excluding hydrogens is 364 g/mol. The average molecular weight is 386 g/mol. The summed E-state index contributed by atoms with van der Waals surface area (Å²) in [7, 11) is 0. The summed E-state index contributed by atoms with van der Waals surface area (Å²) in [6.07, 6.45) is 3.57. The van der Waals surface area contributed by atoms with Crippen molar-refractivity contribution >= 4 is 17.7 Å². The first-order valence-corrected chi connectivity index (χ1v) is 9.24. The summed E-state index contributed by atoms with van der Waals surface area (Å²) >= 11 is 1.59. The molecule has 0 unspecified atom stereocenters. The van der Waals surface area contributed by atoms with Gasteiger partial charge in [-0.05, 0) is 12.5 Å². The maximum Gasteiger partial charge on any atom is 0.300 e. The van der Waals surface area contributed by atoms with Crippen molar-refractivity contribution in [2.75, 3.05) is 0 Å². The van der Waals surface area contributed by atoms with Crippen LogP contribution in [-0.2, 0) is 23.6 Å². The summed E-state index contributed by atoms with van der Waals surface area (Å²) in [5, 5.41) is 16.7. The second-order valence-corrected chi connectivity index (χ2v) is 6.57. The summed E-state index contributed by atoms with van der Waals surface area (Å²) in [5.41, 5.74) is 8.81. The van der Waals surface area contributed by atoms with Crippen molar-refractivity contribution < 1.29 is 9.90 Å². The summed E-state index contributed by atoms with van der Waals surface area (Å²) in [6.45, 7) is 4.08. The molecule has 0 fully saturated rings. The monoisotopic (exact) mass is 386 g/mol. The minimum Gasteiger partial charge on any atom is -0.481 e. The van der Waals surface area contributed by atoms with Crippen LogP contribution in [0.1, 0.15) is 29.7 Å². The number of carbonyl (C=O) groups is 1. The van der Waals surface area contributed by atoms with E-state index in [9.17, 15) is 0 Å². The van der Waals surface area contributed by atoms with E-state index in [0.29, 0.717) is 18.8 Å². The molecule has 9 heteroatoms. The summed E-state index contributed by atoms with van der Waals surface area (Å²) in [6, 6.07) is 10.2. The van der Waals surface area contributed by atoms with Crippen molar-refractivity contribution in [3.05, 3.63) is 65.5 Å². The number of nitrogens with zero attached hydrogens (tertiary/aromatic N) is 5. The summed E-state index contributed by atoms with van der Waals surface area (Å²) in [5.74, 6) is 0.649. The van der Waals surface area contributed by atoms with Crippen molar-refractivity contribution in [3.63, 3.8) is 0 Å². The molecule has 142 valence electrons. The van der Waals surface area contributed by atoms with E-state index in [2.05, 4.69) is 36.9 Å². The zero-order valence-corrected chi connectivity index (χ0v) is 16.1. The Labute approximate surface area is 161 Å². The van der Waals surface area contributed by atoms with Gasteiger partial charge in [0.1, 0.15) is 5.82 Å². The fourth-order valence-corrected chi connectivity index (χ4v) is 2.98. The van der Waals surface area contributed by atoms with Crippen LogP contribution in [0.25, 0.3) is 0 Å². The number of carboxylic acid groups (broad SMARTS) is 1. The van der Waals surface area contributed by atoms with E-state index in [1.807, 2.05) is 25.1 Å². The van der Waals surface area contributed by atoms with Crippen molar-refractivity contribution in [1.82, 2.24) is 24.7 Å². The molecule has 0 saturated carbocycles. The second-order valence-electron chi connectivity index (χ2n) is 5.63. The molecular formula is C18H22N6O2S. The molecule has 0 bridgehead atoms. The van der Waals surface area contributed by atoms with Gasteiger partial charge in [-0.3, -0.25) is 14.8 Å². The molecule has 0 aliphatic heterocycles. The third-order valence-corrected chi connectivity index (χ3v) is 4.34. The van der Waals surface area contributed by atoms with Gasteiger partial charge in [0.25, 0.3) is 5.97 Å². The standard InChI is InChI=1S/C16H18N6S.C2H4O2/c1-12-8-19-14(9-18-12)11-23-16-21-20-15(7-17)22(16)10-13-5-3-2-4-6-13;1-2(3)4/h2-6,8-9H,7,10-11,17H2,1H3;1H3,(H,3,4). The molecule has 0 spiro atoms. The number of aromatic nitrogens is 5. The number of aryl methyl sites for hydroxylation is 1. The van der Waals surface area contributed by atoms with Gasteiger partial charge < -0.3 is 15.4 Å². The van der Waals surface area contributed by atoms with Gasteiger partial charge in [-0.2, -0.15) is 0 Å². The van der Waals surface area contributed by atoms with E-state index < -0.39 is 5.97 Å². The van der Waals surface area contributed by atoms with Gasteiger partial charge in [0.15, 0.2) is 5.16 Å². The van der Waals surface area contributed by atoms with Crippen molar-refractivity contribution in [2.24, 2.45) is 5.73 Å². The van der Waals surface area contributed by atoms with Crippen LogP contribution < -0.4 is 5.73 Å². The Kier molecular flexibility index (Phi) is 7.90. The fourth-order valence-electron chi connectivity index (χ4n) is 2.13. The minimum atomic E-state index is -0.833. The Hall–Kier alpha value is -2.78. The smallest absolute Gasteiger partial charge is 0.300 e. The van der Waals surface area contributed by atoms with Gasteiger partial charge in [0.2, 0.25) is 0 Å². The highest BCUT2D eigenvalue weighted by Gasteiger charge is 2.12. The Balaban J connectivity index is 0.000000596. The quantitative estimate of drug-likeness (QED) is 0.619. The predicted octanol–water partition coefficient (Wildman–Crippen LogP) is 2.27. The van der Waals surface area contributed by atoms with E-state index >= 15 is 0 Å². The Morgan fingerprint density at radius 3 is 2.48 bits per heavy atom. The van der Waals surface area contributed by atoms with E-state index in [4.69, 9.17) is 15.6 Å². The highest BCUT2D eigenvalue weighted by molar-refractivity contribution is 7.98. The number of nitrogens with two attached hydrogens (primary N) is 1. The molecule has 0 radical (unpaired) electrons. The molecule has 3 aromatic rings. The zero-order valence-electron chi connectivity index (χ0n) is 15.2. The van der Waals surface area contributed by atoms with E-state index in [1.54, 1.807) is 24.2 Å². The third kappa shape index (κ3) is 6.80. The van der Waals surface area contributed by atoms with Gasteiger partial charge in [-0.25, -0.2) is 0 Å². The van der Waals surface area contributed by atoms with Crippen molar-refractivity contribution in [2.45, 2.75) is 37.8 Å². The van der Waals surface area contributed by atoms with E-state index in [1.165, 1.54) is 5.56 Å². The number of hydrogen-bond donors (Lipinski definition) is 2. The number of benzene rings is 1. The van der Waals surface area contributed by atoms with Gasteiger partial charge >= 0.3 is 0 Å². The lowest BCUT2D eigenvalue weighted by molar-refractivity contribution is -0.134. The highest BCUT2D eigenvalue weighted by atomic mass is 32.2. The highest BCUT2D eigenvalue weighted by Crippen LogP contribution is 2.22. The summed E-state index contributed by atoms with van der Waals surface area (Å²) < 4.78 is 2.06. The molecule has 3 rings (SSSR count). The lowest BCUT2D eigenvalue weighted by atomic mass is 10.2. The van der Waals surface area contributed by atoms with Gasteiger partial charge in [-0.15, -0.1) is 10.2 Å². The lowest BCUT2D eigenvalue weighted by Gasteiger charge is -2.09. The number of hydrogen-bond acceptors (Lipinski definition) is 7. The summed E-state index contributed by atoms with van der Waals surface area (Å²) in [4.78, 5) is 17.6. The molecule has 27 heavy (non-hydrogen) atoms. The maximum atomic E-state index is 9.00. The predicted molar refractivity (Wildman–Crippen MR) is 103 cm³/mol. The number of aliphatic carboxylic acids is 1. The molecule has 3 N–H and O–H groups in total. The van der Waals surface area contributed by atoms with Crippen molar-refractivity contribution in [1.29, 1.82) is 0 Å². The molecule has 0 aliphatic rings. The molecule has 0 saturated heterocycles. The zero-order chi connectivity index (χ0) is 19.6. The van der Waals surface area contributed by atoms with Crippen LogP contribution in [0.4, 0.5) is 0 Å². The molecule has 8 nitrogen and oxygen atoms in total. The molecule has 1 aromatic carbocycles. The van der Waals surface area contributed by atoms with Crippen LogP contribution in [0.15, 0.2) is 47.9 Å². The molecule has 0 atom stereocenters. The average Bonchev–Trinajstić information content (AvgIpc) is 3.03. The Morgan fingerprint density at radius 1 is 1.19 bits per heavy atom. The topological polar surface area (TPSA) is 120 Å². The van der Waals surface area contributed by atoms with E-state index in [-0.39, 0.29) is 0 Å². The fraction of sp³-hybridized carbons (Fsp3) is 0.278. The first-order valence-electron chi connectivity index (χ1n) is 8.25. The normalized spacial score (nSPS) is 10.2. The first kappa shape index (κ1) is 20.5. The number of thioether (sulfide) groups is 1.